The van der Waals surface area contributed by atoms with Crippen molar-refractivity contribution in [1.82, 2.24) is 19.9 Å². The van der Waals surface area contributed by atoms with Crippen molar-refractivity contribution in [1.29, 1.82) is 0 Å². The fourth-order valence-electron chi connectivity index (χ4n) is 5.52. The second kappa shape index (κ2) is 8.41. The first-order valence-electron chi connectivity index (χ1n) is 12.1. The number of nitrogens with one attached hydrogen (secondary N) is 1. The maximum absolute atomic E-state index is 15.3. The topological polar surface area (TPSA) is 83.3 Å². The Morgan fingerprint density at radius 2 is 1.94 bits per heavy atom. The lowest BCUT2D eigenvalue weighted by molar-refractivity contribution is 0.171. The molecule has 4 heterocycles. The van der Waals surface area contributed by atoms with E-state index in [1.54, 1.807) is 25.5 Å². The van der Waals surface area contributed by atoms with E-state index in [1.807, 2.05) is 0 Å². The molecule has 7 nitrogen and oxygen atoms in total. The van der Waals surface area contributed by atoms with Gasteiger partial charge in [0.15, 0.2) is 0 Å². The number of aromatic nitrogens is 3. The number of phenols is 1. The van der Waals surface area contributed by atoms with Crippen molar-refractivity contribution in [2.24, 2.45) is 7.05 Å². The highest BCUT2D eigenvalue weighted by Crippen LogP contribution is 2.40. The summed E-state index contributed by atoms with van der Waals surface area (Å²) < 4.78 is 31.7. The molecule has 3 aliphatic rings. The molecule has 2 bridgehead atoms. The zero-order valence-electron chi connectivity index (χ0n) is 19.4. The van der Waals surface area contributed by atoms with Gasteiger partial charge in [-0.2, -0.15) is 0 Å². The Morgan fingerprint density at radius 1 is 1.11 bits per heavy atom. The summed E-state index contributed by atoms with van der Waals surface area (Å²) >= 11 is 0. The smallest absolute Gasteiger partial charge is 0.250 e. The van der Waals surface area contributed by atoms with Gasteiger partial charge in [0.1, 0.15) is 23.6 Å². The van der Waals surface area contributed by atoms with Crippen LogP contribution < -0.4 is 15.8 Å². The number of fused-ring (bicyclic) bond motifs is 2. The summed E-state index contributed by atoms with van der Waals surface area (Å²) in [5, 5.41) is 14.0. The van der Waals surface area contributed by atoms with Gasteiger partial charge in [0.2, 0.25) is 0 Å². The van der Waals surface area contributed by atoms with Gasteiger partial charge in [-0.15, -0.1) is 0 Å². The fourth-order valence-corrected chi connectivity index (χ4v) is 5.52. The maximum Gasteiger partial charge on any atom is 0.250 e. The number of rotatable bonds is 5. The monoisotopic (exact) mass is 479 g/mol. The minimum absolute atomic E-state index is 0.101. The SMILES string of the molecule is Cn1ccc(-c2cc(O)c(-c3cnc(N(C4CC4)[C@H]4C[C@@H]5CC[C@@H](N5)[C@H]4F)cn3)cc2F)cc1=O. The molecule has 2 aliphatic heterocycles. The van der Waals surface area contributed by atoms with Crippen LogP contribution >= 0.6 is 0 Å². The second-order valence-electron chi connectivity index (χ2n) is 9.91. The van der Waals surface area contributed by atoms with Crippen molar-refractivity contribution >= 4 is 5.82 Å². The molecule has 1 aromatic carbocycles. The Balaban J connectivity index is 1.29. The third-order valence-electron chi connectivity index (χ3n) is 7.53. The molecule has 182 valence electrons. The number of aryl methyl sites for hydroxylation is 1. The van der Waals surface area contributed by atoms with Gasteiger partial charge in [-0.1, -0.05) is 0 Å². The lowest BCUT2D eigenvalue weighted by Crippen LogP contribution is -2.57. The van der Waals surface area contributed by atoms with E-state index in [-0.39, 0.29) is 40.6 Å². The molecular formula is C26H27F2N5O2. The van der Waals surface area contributed by atoms with E-state index >= 15 is 4.39 Å². The van der Waals surface area contributed by atoms with E-state index in [0.717, 1.165) is 32.1 Å². The standard InChI is InChI=1S/C26H27F2N5O2/c1-32-7-6-14(8-25(32)35)17-11-23(34)18(10-19(17)27)21-12-30-24(13-29-21)33(16-3-4-16)22-9-15-2-5-20(31-15)26(22)28/h6-8,10-13,15-16,20,22,26,31,34H,2-5,9H2,1H3/t15-,20+,22-,26+/m0/s1. The summed E-state index contributed by atoms with van der Waals surface area (Å²) in [7, 11) is 1.61. The highest BCUT2D eigenvalue weighted by atomic mass is 19.1. The van der Waals surface area contributed by atoms with Gasteiger partial charge in [-0.3, -0.25) is 9.78 Å². The van der Waals surface area contributed by atoms with Crippen molar-refractivity contribution in [3.05, 3.63) is 59.0 Å². The number of anilines is 1. The number of hydrogen-bond acceptors (Lipinski definition) is 6. The minimum Gasteiger partial charge on any atom is -0.507 e. The third kappa shape index (κ3) is 3.97. The van der Waals surface area contributed by atoms with Gasteiger partial charge in [-0.05, 0) is 55.9 Å². The Hall–Kier alpha value is -3.33. The molecule has 0 spiro atoms. The first-order chi connectivity index (χ1) is 16.9. The maximum atomic E-state index is 15.3. The van der Waals surface area contributed by atoms with E-state index in [4.69, 9.17) is 0 Å². The van der Waals surface area contributed by atoms with Gasteiger partial charge in [-0.25, -0.2) is 13.8 Å². The van der Waals surface area contributed by atoms with E-state index in [0.29, 0.717) is 23.1 Å². The Kier molecular flexibility index (Phi) is 5.32. The molecule has 35 heavy (non-hydrogen) atoms. The Bertz CT molecular complexity index is 1320. The predicted molar refractivity (Wildman–Crippen MR) is 129 cm³/mol. The van der Waals surface area contributed by atoms with Crippen LogP contribution in [-0.4, -0.2) is 50.0 Å². The van der Waals surface area contributed by atoms with Crippen molar-refractivity contribution in [2.75, 3.05) is 4.90 Å². The minimum atomic E-state index is -0.962. The molecule has 1 aliphatic carbocycles. The largest absolute Gasteiger partial charge is 0.507 e. The van der Waals surface area contributed by atoms with Crippen molar-refractivity contribution < 1.29 is 13.9 Å². The summed E-state index contributed by atoms with van der Waals surface area (Å²) in [6.07, 6.45) is 8.30. The molecule has 2 aromatic heterocycles. The summed E-state index contributed by atoms with van der Waals surface area (Å²) in [6.45, 7) is 0. The number of benzene rings is 1. The predicted octanol–water partition coefficient (Wildman–Crippen LogP) is 3.55. The number of piperidine rings is 1. The molecular weight excluding hydrogens is 452 g/mol. The van der Waals surface area contributed by atoms with E-state index in [9.17, 15) is 14.3 Å². The molecule has 9 heteroatoms. The van der Waals surface area contributed by atoms with Gasteiger partial charge in [0.25, 0.3) is 5.56 Å². The van der Waals surface area contributed by atoms with Crippen LogP contribution in [0.1, 0.15) is 32.1 Å². The number of halogens is 2. The van der Waals surface area contributed by atoms with Crippen LogP contribution in [0.2, 0.25) is 0 Å². The van der Waals surface area contributed by atoms with Crippen LogP contribution in [0.15, 0.2) is 47.7 Å². The zero-order chi connectivity index (χ0) is 24.3. The fraction of sp³-hybridized carbons (Fsp3) is 0.423. The molecule has 0 amide bonds. The number of phenolic OH excluding ortho intramolecular Hbond substituents is 1. The summed E-state index contributed by atoms with van der Waals surface area (Å²) in [6, 6.07) is 5.71. The zero-order valence-corrected chi connectivity index (χ0v) is 19.4. The normalized spacial score (nSPS) is 25.6. The molecule has 2 N–H and O–H groups in total. The van der Waals surface area contributed by atoms with Gasteiger partial charge in [0, 0.05) is 48.6 Å². The average Bonchev–Trinajstić information content (AvgIpc) is 3.60. The third-order valence-corrected chi connectivity index (χ3v) is 7.53. The van der Waals surface area contributed by atoms with E-state index in [2.05, 4.69) is 20.2 Å². The lowest BCUT2D eigenvalue weighted by atomic mass is 9.96. The Morgan fingerprint density at radius 3 is 2.66 bits per heavy atom. The molecule has 3 aromatic rings. The number of alkyl halides is 1. The van der Waals surface area contributed by atoms with Crippen LogP contribution in [0.25, 0.3) is 22.4 Å². The number of pyridine rings is 1. The summed E-state index contributed by atoms with van der Waals surface area (Å²) in [4.78, 5) is 23.1. The highest BCUT2D eigenvalue weighted by molar-refractivity contribution is 5.74. The van der Waals surface area contributed by atoms with Crippen LogP contribution in [0.4, 0.5) is 14.6 Å². The lowest BCUT2D eigenvalue weighted by Gasteiger charge is -2.41. The molecule has 0 radical (unpaired) electrons. The number of nitrogens with zero attached hydrogens (tertiary/aromatic N) is 4. The molecule has 4 atom stereocenters. The molecule has 1 saturated carbocycles. The molecule has 0 unspecified atom stereocenters. The summed E-state index contributed by atoms with van der Waals surface area (Å²) in [5.41, 5.74) is 0.757. The van der Waals surface area contributed by atoms with Crippen LogP contribution in [0, 0.1) is 5.82 Å². The molecule has 2 saturated heterocycles. The van der Waals surface area contributed by atoms with Gasteiger partial charge in [0.05, 0.1) is 24.1 Å². The van der Waals surface area contributed by atoms with Gasteiger partial charge >= 0.3 is 0 Å². The Labute approximate surface area is 201 Å². The summed E-state index contributed by atoms with van der Waals surface area (Å²) in [5.74, 6) is -0.133. The van der Waals surface area contributed by atoms with Gasteiger partial charge < -0.3 is 19.9 Å². The van der Waals surface area contributed by atoms with E-state index < -0.39 is 12.0 Å². The van der Waals surface area contributed by atoms with Crippen molar-refractivity contribution in [3.63, 3.8) is 0 Å². The number of hydrogen-bond donors (Lipinski definition) is 2. The molecule has 3 fully saturated rings. The first-order valence-corrected chi connectivity index (χ1v) is 12.1. The van der Waals surface area contributed by atoms with Crippen molar-refractivity contribution in [2.45, 2.75) is 62.4 Å². The average molecular weight is 480 g/mol. The van der Waals surface area contributed by atoms with Crippen LogP contribution in [0.3, 0.4) is 0 Å². The molecule has 6 rings (SSSR count). The quantitative estimate of drug-likeness (QED) is 0.583. The first kappa shape index (κ1) is 22.2. The van der Waals surface area contributed by atoms with E-state index in [1.165, 1.54) is 29.0 Å². The van der Waals surface area contributed by atoms with Crippen LogP contribution in [-0.2, 0) is 7.05 Å². The number of aromatic hydroxyl groups is 1. The second-order valence-corrected chi connectivity index (χ2v) is 9.91. The highest BCUT2D eigenvalue weighted by Gasteiger charge is 2.48. The van der Waals surface area contributed by atoms with Crippen molar-refractivity contribution in [3.8, 4) is 28.1 Å². The van der Waals surface area contributed by atoms with Crippen LogP contribution in [0.5, 0.6) is 5.75 Å².